The standard InChI is InChI=1S/C12H23N3O4/c1-12(2,3)19-11(17)15-7-6-8(13)9(15)10(16)14(4)18-5/h8-9H,6-7,13H2,1-5H3/t8-,9+/m1/s1. The molecule has 0 aromatic carbocycles. The monoisotopic (exact) mass is 273 g/mol. The average Bonchev–Trinajstić information content (AvgIpc) is 2.67. The summed E-state index contributed by atoms with van der Waals surface area (Å²) in [6, 6.07) is -1.14. The van der Waals surface area contributed by atoms with Crippen LogP contribution in [0.1, 0.15) is 27.2 Å². The van der Waals surface area contributed by atoms with Gasteiger partial charge in [0.05, 0.1) is 7.11 Å². The second kappa shape index (κ2) is 5.75. The van der Waals surface area contributed by atoms with Gasteiger partial charge in [0.15, 0.2) is 0 Å². The summed E-state index contributed by atoms with van der Waals surface area (Å²) in [5.74, 6) is -0.349. The van der Waals surface area contributed by atoms with Gasteiger partial charge >= 0.3 is 6.09 Å². The first-order valence-corrected chi connectivity index (χ1v) is 6.24. The largest absolute Gasteiger partial charge is 0.444 e. The lowest BCUT2D eigenvalue weighted by Crippen LogP contribution is -2.53. The molecule has 2 atom stereocenters. The number of amides is 2. The number of rotatable bonds is 2. The highest BCUT2D eigenvalue weighted by atomic mass is 16.7. The molecule has 0 aromatic heterocycles. The highest BCUT2D eigenvalue weighted by Gasteiger charge is 2.43. The van der Waals surface area contributed by atoms with Crippen molar-refractivity contribution in [3.05, 3.63) is 0 Å². The lowest BCUT2D eigenvalue weighted by Gasteiger charge is -2.30. The van der Waals surface area contributed by atoms with E-state index in [9.17, 15) is 9.59 Å². The fourth-order valence-electron chi connectivity index (χ4n) is 1.93. The number of likely N-dealkylation sites (N-methyl/N-ethyl adjacent to an activating group) is 1. The summed E-state index contributed by atoms with van der Waals surface area (Å²) < 4.78 is 5.28. The van der Waals surface area contributed by atoms with Crippen LogP contribution in [0.25, 0.3) is 0 Å². The van der Waals surface area contributed by atoms with Crippen molar-refractivity contribution in [2.45, 2.75) is 44.9 Å². The van der Waals surface area contributed by atoms with E-state index in [4.69, 9.17) is 15.3 Å². The zero-order chi connectivity index (χ0) is 14.8. The molecule has 2 amide bonds. The SMILES string of the molecule is CON(C)C(=O)[C@@H]1[C@H](N)CCN1C(=O)OC(C)(C)C. The summed E-state index contributed by atoms with van der Waals surface area (Å²) in [5.41, 5.74) is 5.31. The third-order valence-electron chi connectivity index (χ3n) is 2.91. The summed E-state index contributed by atoms with van der Waals surface area (Å²) in [5, 5.41) is 1.08. The first-order valence-electron chi connectivity index (χ1n) is 6.24. The predicted molar refractivity (Wildman–Crippen MR) is 69.1 cm³/mol. The normalized spacial score (nSPS) is 23.4. The molecule has 1 saturated heterocycles. The Labute approximate surface area is 113 Å². The molecule has 1 aliphatic heterocycles. The number of hydrogen-bond donors (Lipinski definition) is 1. The van der Waals surface area contributed by atoms with Gasteiger partial charge in [-0.15, -0.1) is 0 Å². The van der Waals surface area contributed by atoms with Crippen LogP contribution in [0.3, 0.4) is 0 Å². The van der Waals surface area contributed by atoms with Crippen LogP contribution in [0.4, 0.5) is 4.79 Å². The van der Waals surface area contributed by atoms with E-state index >= 15 is 0 Å². The van der Waals surface area contributed by atoms with E-state index < -0.39 is 23.8 Å². The van der Waals surface area contributed by atoms with Crippen LogP contribution in [0.15, 0.2) is 0 Å². The summed E-state index contributed by atoms with van der Waals surface area (Å²) >= 11 is 0. The highest BCUT2D eigenvalue weighted by Crippen LogP contribution is 2.21. The lowest BCUT2D eigenvalue weighted by atomic mass is 10.1. The molecule has 0 aromatic rings. The summed E-state index contributed by atoms with van der Waals surface area (Å²) in [7, 11) is 2.87. The van der Waals surface area contributed by atoms with Crippen LogP contribution in [-0.2, 0) is 14.4 Å². The summed E-state index contributed by atoms with van der Waals surface area (Å²) in [4.78, 5) is 30.4. The van der Waals surface area contributed by atoms with Crippen LogP contribution in [-0.4, -0.2) is 60.4 Å². The Balaban J connectivity index is 2.82. The molecule has 1 fully saturated rings. The molecule has 1 heterocycles. The van der Waals surface area contributed by atoms with E-state index in [1.807, 2.05) is 0 Å². The van der Waals surface area contributed by atoms with Gasteiger partial charge in [-0.05, 0) is 27.2 Å². The van der Waals surface area contributed by atoms with Crippen molar-refractivity contribution in [1.82, 2.24) is 9.96 Å². The molecule has 0 radical (unpaired) electrons. The molecule has 19 heavy (non-hydrogen) atoms. The van der Waals surface area contributed by atoms with Gasteiger partial charge in [0.2, 0.25) is 0 Å². The van der Waals surface area contributed by atoms with Gasteiger partial charge in [0, 0.05) is 19.6 Å². The molecule has 0 saturated carbocycles. The van der Waals surface area contributed by atoms with E-state index in [2.05, 4.69) is 0 Å². The van der Waals surface area contributed by atoms with E-state index in [1.165, 1.54) is 19.1 Å². The van der Waals surface area contributed by atoms with Crippen molar-refractivity contribution in [2.75, 3.05) is 20.7 Å². The fraction of sp³-hybridized carbons (Fsp3) is 0.833. The lowest BCUT2D eigenvalue weighted by molar-refractivity contribution is -0.173. The minimum absolute atomic E-state index is 0.349. The molecule has 2 N–H and O–H groups in total. The van der Waals surface area contributed by atoms with E-state index in [0.29, 0.717) is 13.0 Å². The van der Waals surface area contributed by atoms with Crippen molar-refractivity contribution in [3.63, 3.8) is 0 Å². The minimum Gasteiger partial charge on any atom is -0.444 e. The highest BCUT2D eigenvalue weighted by molar-refractivity contribution is 5.86. The number of nitrogens with two attached hydrogens (primary N) is 1. The number of carbonyl (C=O) groups is 2. The van der Waals surface area contributed by atoms with Gasteiger partial charge in [-0.25, -0.2) is 9.86 Å². The maximum atomic E-state index is 12.1. The molecule has 7 nitrogen and oxygen atoms in total. The number of ether oxygens (including phenoxy) is 1. The van der Waals surface area contributed by atoms with E-state index in [0.717, 1.165) is 5.06 Å². The van der Waals surface area contributed by atoms with Gasteiger partial charge in [-0.2, -0.15) is 0 Å². The van der Waals surface area contributed by atoms with Crippen molar-refractivity contribution in [3.8, 4) is 0 Å². The van der Waals surface area contributed by atoms with E-state index in [1.54, 1.807) is 20.8 Å². The quantitative estimate of drug-likeness (QED) is 0.733. The van der Waals surface area contributed by atoms with Crippen molar-refractivity contribution < 1.29 is 19.2 Å². The molecule has 0 spiro atoms. The molecule has 0 aliphatic carbocycles. The molecule has 7 heteroatoms. The van der Waals surface area contributed by atoms with Crippen LogP contribution < -0.4 is 5.73 Å². The molecule has 110 valence electrons. The second-order valence-electron chi connectivity index (χ2n) is 5.59. The smallest absolute Gasteiger partial charge is 0.411 e. The molecule has 1 rings (SSSR count). The number of hydrogen-bond acceptors (Lipinski definition) is 5. The predicted octanol–water partition coefficient (Wildman–Crippen LogP) is 0.343. The van der Waals surface area contributed by atoms with Crippen LogP contribution >= 0.6 is 0 Å². The van der Waals surface area contributed by atoms with Crippen LogP contribution in [0, 0.1) is 0 Å². The van der Waals surface area contributed by atoms with Crippen molar-refractivity contribution in [1.29, 1.82) is 0 Å². The number of nitrogens with zero attached hydrogens (tertiary/aromatic N) is 2. The summed E-state index contributed by atoms with van der Waals surface area (Å²) in [6.07, 6.45) is 0.0380. The Morgan fingerprint density at radius 1 is 1.37 bits per heavy atom. The van der Waals surface area contributed by atoms with Gasteiger partial charge in [-0.3, -0.25) is 14.5 Å². The minimum atomic E-state index is -0.736. The third-order valence-corrected chi connectivity index (χ3v) is 2.91. The average molecular weight is 273 g/mol. The fourth-order valence-corrected chi connectivity index (χ4v) is 1.93. The van der Waals surface area contributed by atoms with Crippen LogP contribution in [0.5, 0.6) is 0 Å². The number of likely N-dealkylation sites (tertiary alicyclic amines) is 1. The van der Waals surface area contributed by atoms with Gasteiger partial charge in [0.1, 0.15) is 11.6 Å². The zero-order valence-corrected chi connectivity index (χ0v) is 12.2. The second-order valence-corrected chi connectivity index (χ2v) is 5.59. The van der Waals surface area contributed by atoms with Gasteiger partial charge in [0.25, 0.3) is 5.91 Å². The number of hydroxylamine groups is 2. The zero-order valence-electron chi connectivity index (χ0n) is 12.2. The Hall–Kier alpha value is -1.34. The van der Waals surface area contributed by atoms with Crippen molar-refractivity contribution >= 4 is 12.0 Å². The number of carbonyl (C=O) groups excluding carboxylic acids is 2. The first-order chi connectivity index (χ1) is 8.67. The van der Waals surface area contributed by atoms with Gasteiger partial charge < -0.3 is 10.5 Å². The topological polar surface area (TPSA) is 85.1 Å². The van der Waals surface area contributed by atoms with E-state index in [-0.39, 0.29) is 5.91 Å². The van der Waals surface area contributed by atoms with Crippen molar-refractivity contribution in [2.24, 2.45) is 5.73 Å². The maximum absolute atomic E-state index is 12.1. The Kier molecular flexibility index (Phi) is 4.75. The Morgan fingerprint density at radius 3 is 2.42 bits per heavy atom. The molecule has 0 bridgehead atoms. The van der Waals surface area contributed by atoms with Gasteiger partial charge in [-0.1, -0.05) is 0 Å². The third kappa shape index (κ3) is 3.81. The Bertz CT molecular complexity index is 353. The summed E-state index contributed by atoms with van der Waals surface area (Å²) in [6.45, 7) is 5.74. The first kappa shape index (κ1) is 15.7. The molecule has 0 unspecified atom stereocenters. The Morgan fingerprint density at radius 2 is 1.95 bits per heavy atom. The molecule has 1 aliphatic rings. The molecular formula is C12H23N3O4. The van der Waals surface area contributed by atoms with Crippen LogP contribution in [0.2, 0.25) is 0 Å². The maximum Gasteiger partial charge on any atom is 0.411 e. The molecular weight excluding hydrogens is 250 g/mol.